The summed E-state index contributed by atoms with van der Waals surface area (Å²) in [6, 6.07) is 4.30. The van der Waals surface area contributed by atoms with Crippen molar-refractivity contribution < 1.29 is 9.21 Å². The number of aromatic nitrogens is 2. The van der Waals surface area contributed by atoms with Crippen molar-refractivity contribution in [2.45, 2.75) is 57.5 Å². The van der Waals surface area contributed by atoms with Gasteiger partial charge in [0.25, 0.3) is 0 Å². The summed E-state index contributed by atoms with van der Waals surface area (Å²) in [4.78, 5) is 16.5. The third-order valence-electron chi connectivity index (χ3n) is 5.06. The Kier molecular flexibility index (Phi) is 3.71. The average Bonchev–Trinajstić information content (AvgIpc) is 2.95. The van der Waals surface area contributed by atoms with Gasteiger partial charge in [-0.2, -0.15) is 0 Å². The molecule has 2 aromatic rings. The first-order chi connectivity index (χ1) is 11.2. The molecule has 3 heterocycles. The van der Waals surface area contributed by atoms with Gasteiger partial charge in [-0.1, -0.05) is 6.92 Å². The van der Waals surface area contributed by atoms with E-state index in [-0.39, 0.29) is 11.9 Å². The molecular formula is C18H23N3O2. The van der Waals surface area contributed by atoms with Crippen molar-refractivity contribution in [3.63, 3.8) is 0 Å². The molecule has 1 aliphatic carbocycles. The van der Waals surface area contributed by atoms with Crippen LogP contribution >= 0.6 is 0 Å². The van der Waals surface area contributed by atoms with E-state index < -0.39 is 0 Å². The van der Waals surface area contributed by atoms with Crippen LogP contribution in [0.5, 0.6) is 0 Å². The number of hydrogen-bond acceptors (Lipinski definition) is 3. The maximum Gasteiger partial charge on any atom is 0.220 e. The van der Waals surface area contributed by atoms with Gasteiger partial charge >= 0.3 is 0 Å². The first-order valence-electron chi connectivity index (χ1n) is 8.57. The molecule has 5 nitrogen and oxygen atoms in total. The van der Waals surface area contributed by atoms with Crippen LogP contribution in [0.3, 0.4) is 0 Å². The van der Waals surface area contributed by atoms with Crippen molar-refractivity contribution in [1.29, 1.82) is 0 Å². The lowest BCUT2D eigenvalue weighted by Gasteiger charge is -2.24. The Morgan fingerprint density at radius 3 is 3.17 bits per heavy atom. The van der Waals surface area contributed by atoms with Crippen LogP contribution in [0.1, 0.15) is 49.4 Å². The minimum Gasteiger partial charge on any atom is -0.466 e. The zero-order valence-electron chi connectivity index (χ0n) is 13.5. The number of imidazole rings is 1. The van der Waals surface area contributed by atoms with Crippen molar-refractivity contribution in [3.8, 4) is 0 Å². The molecule has 2 aromatic heterocycles. The Bertz CT molecular complexity index is 703. The zero-order valence-corrected chi connectivity index (χ0v) is 13.5. The van der Waals surface area contributed by atoms with E-state index in [0.29, 0.717) is 18.8 Å². The number of aryl methyl sites for hydroxylation is 2. The van der Waals surface area contributed by atoms with E-state index in [4.69, 9.17) is 4.42 Å². The Labute approximate surface area is 136 Å². The van der Waals surface area contributed by atoms with Crippen molar-refractivity contribution in [2.24, 2.45) is 5.92 Å². The summed E-state index contributed by atoms with van der Waals surface area (Å²) in [5.74, 6) is 4.59. The van der Waals surface area contributed by atoms with E-state index in [1.54, 1.807) is 0 Å². The first kappa shape index (κ1) is 14.5. The van der Waals surface area contributed by atoms with Gasteiger partial charge in [0.15, 0.2) is 0 Å². The van der Waals surface area contributed by atoms with Crippen LogP contribution < -0.4 is 5.32 Å². The molecule has 23 heavy (non-hydrogen) atoms. The first-order valence-corrected chi connectivity index (χ1v) is 8.57. The number of fused-ring (bicyclic) bond motifs is 1. The lowest BCUT2D eigenvalue weighted by atomic mass is 10.1. The molecule has 5 heteroatoms. The van der Waals surface area contributed by atoms with E-state index in [9.17, 15) is 4.79 Å². The van der Waals surface area contributed by atoms with E-state index in [1.165, 1.54) is 6.42 Å². The maximum absolute atomic E-state index is 12.2. The van der Waals surface area contributed by atoms with Gasteiger partial charge in [0.2, 0.25) is 5.91 Å². The second-order valence-corrected chi connectivity index (χ2v) is 6.92. The van der Waals surface area contributed by atoms with Crippen LogP contribution in [-0.2, 0) is 24.2 Å². The highest BCUT2D eigenvalue weighted by Gasteiger charge is 2.36. The fourth-order valence-corrected chi connectivity index (χ4v) is 3.47. The standard InChI is InChI=1S/C18H23N3O2/c1-12-10-15(12)16-5-3-14(23-16)4-7-18(22)20-13-2-6-17-19-8-9-21(17)11-13/h3,5,8-9,12-13,15H,2,4,6-7,10-11H2,1H3,(H,20,22)/t12-,13+,15-/m1/s1. The quantitative estimate of drug-likeness (QED) is 0.923. The number of hydrogen-bond donors (Lipinski definition) is 1. The molecule has 2 aliphatic rings. The largest absolute Gasteiger partial charge is 0.466 e. The molecule has 3 atom stereocenters. The molecule has 1 fully saturated rings. The third kappa shape index (κ3) is 3.19. The van der Waals surface area contributed by atoms with Gasteiger partial charge in [0.1, 0.15) is 17.3 Å². The normalized spacial score (nSPS) is 25.9. The molecule has 0 saturated heterocycles. The minimum absolute atomic E-state index is 0.108. The van der Waals surface area contributed by atoms with Gasteiger partial charge in [0.05, 0.1) is 0 Å². The van der Waals surface area contributed by atoms with Crippen molar-refractivity contribution >= 4 is 5.91 Å². The Balaban J connectivity index is 1.25. The summed E-state index contributed by atoms with van der Waals surface area (Å²) in [6.07, 6.45) is 8.10. The Morgan fingerprint density at radius 2 is 2.35 bits per heavy atom. The van der Waals surface area contributed by atoms with Crippen LogP contribution in [0, 0.1) is 5.92 Å². The number of nitrogens with one attached hydrogen (secondary N) is 1. The number of nitrogens with zero attached hydrogens (tertiary/aromatic N) is 2. The van der Waals surface area contributed by atoms with Gasteiger partial charge < -0.3 is 14.3 Å². The molecule has 0 bridgehead atoms. The number of rotatable bonds is 5. The molecule has 0 aromatic carbocycles. The van der Waals surface area contributed by atoms with E-state index in [0.717, 1.165) is 42.6 Å². The lowest BCUT2D eigenvalue weighted by Crippen LogP contribution is -2.40. The van der Waals surface area contributed by atoms with Gasteiger partial charge in [-0.25, -0.2) is 4.98 Å². The number of carbonyl (C=O) groups excluding carboxylic acids is 1. The zero-order chi connectivity index (χ0) is 15.8. The molecule has 1 aliphatic heterocycles. The highest BCUT2D eigenvalue weighted by atomic mass is 16.3. The van der Waals surface area contributed by atoms with E-state index in [1.807, 2.05) is 18.5 Å². The van der Waals surface area contributed by atoms with Gasteiger partial charge in [0, 0.05) is 50.2 Å². The van der Waals surface area contributed by atoms with Crippen LogP contribution in [0.15, 0.2) is 28.9 Å². The number of furan rings is 1. The Morgan fingerprint density at radius 1 is 1.48 bits per heavy atom. The molecule has 1 amide bonds. The summed E-state index contributed by atoms with van der Waals surface area (Å²) in [6.45, 7) is 3.07. The van der Waals surface area contributed by atoms with Gasteiger partial charge in [-0.3, -0.25) is 4.79 Å². The molecular weight excluding hydrogens is 290 g/mol. The van der Waals surface area contributed by atoms with E-state index in [2.05, 4.69) is 27.9 Å². The monoisotopic (exact) mass is 313 g/mol. The molecule has 1 N–H and O–H groups in total. The van der Waals surface area contributed by atoms with Crippen LogP contribution in [0.4, 0.5) is 0 Å². The third-order valence-corrected chi connectivity index (χ3v) is 5.06. The highest BCUT2D eigenvalue weighted by Crippen LogP contribution is 2.47. The average molecular weight is 313 g/mol. The van der Waals surface area contributed by atoms with Gasteiger partial charge in [-0.15, -0.1) is 0 Å². The molecule has 1 saturated carbocycles. The molecule has 122 valence electrons. The Hall–Kier alpha value is -2.04. The number of amides is 1. The smallest absolute Gasteiger partial charge is 0.220 e. The fourth-order valence-electron chi connectivity index (χ4n) is 3.47. The van der Waals surface area contributed by atoms with E-state index >= 15 is 0 Å². The molecule has 0 spiro atoms. The molecule has 0 radical (unpaired) electrons. The number of carbonyl (C=O) groups is 1. The van der Waals surface area contributed by atoms with Gasteiger partial charge in [-0.05, 0) is 30.9 Å². The summed E-state index contributed by atoms with van der Waals surface area (Å²) in [5.41, 5.74) is 0. The highest BCUT2D eigenvalue weighted by molar-refractivity contribution is 5.76. The fraction of sp³-hybridized carbons (Fsp3) is 0.556. The summed E-state index contributed by atoms with van der Waals surface area (Å²) >= 11 is 0. The summed E-state index contributed by atoms with van der Waals surface area (Å²) < 4.78 is 7.99. The summed E-state index contributed by atoms with van der Waals surface area (Å²) in [5, 5.41) is 3.14. The predicted molar refractivity (Wildman–Crippen MR) is 86.0 cm³/mol. The van der Waals surface area contributed by atoms with Crippen LogP contribution in [-0.4, -0.2) is 21.5 Å². The van der Waals surface area contributed by atoms with Crippen LogP contribution in [0.25, 0.3) is 0 Å². The topological polar surface area (TPSA) is 60.1 Å². The van der Waals surface area contributed by atoms with Crippen molar-refractivity contribution in [2.75, 3.05) is 0 Å². The van der Waals surface area contributed by atoms with Crippen molar-refractivity contribution in [1.82, 2.24) is 14.9 Å². The predicted octanol–water partition coefficient (Wildman–Crippen LogP) is 2.66. The second-order valence-electron chi connectivity index (χ2n) is 6.92. The maximum atomic E-state index is 12.2. The molecule has 0 unspecified atom stereocenters. The minimum atomic E-state index is 0.108. The second kappa shape index (κ2) is 5.87. The SMILES string of the molecule is C[C@@H]1C[C@H]1c1ccc(CCC(=O)N[C@H]2CCc3nccn3C2)o1. The van der Waals surface area contributed by atoms with Crippen molar-refractivity contribution in [3.05, 3.63) is 41.9 Å². The lowest BCUT2D eigenvalue weighted by molar-refractivity contribution is -0.122. The van der Waals surface area contributed by atoms with Crippen LogP contribution in [0.2, 0.25) is 0 Å². The summed E-state index contributed by atoms with van der Waals surface area (Å²) in [7, 11) is 0. The molecule has 4 rings (SSSR count).